The van der Waals surface area contributed by atoms with Crippen LogP contribution >= 0.6 is 7.37 Å². The van der Waals surface area contributed by atoms with Crippen molar-refractivity contribution >= 4 is 25.2 Å². The molecule has 0 aromatic carbocycles. The fourth-order valence-corrected chi connectivity index (χ4v) is 3.67. The number of carbonyl (C=O) groups is 3. The van der Waals surface area contributed by atoms with Gasteiger partial charge in [-0.05, 0) is 25.2 Å². The van der Waals surface area contributed by atoms with E-state index in [-0.39, 0.29) is 31.2 Å². The first kappa shape index (κ1) is 25.6. The summed E-state index contributed by atoms with van der Waals surface area (Å²) in [5, 5.41) is 13.8. The SMILES string of the molecule is CCCCCP(=O)(O)CNC(=O)[C@H](CC(C)C)NC(=O)CCC(N)C(=O)O. The molecule has 10 heteroatoms. The minimum absolute atomic E-state index is 0.0412. The Labute approximate surface area is 160 Å². The Hall–Kier alpha value is -1.44. The summed E-state index contributed by atoms with van der Waals surface area (Å²) in [6, 6.07) is -1.99. The Balaban J connectivity index is 4.64. The van der Waals surface area contributed by atoms with E-state index < -0.39 is 37.2 Å². The molecule has 158 valence electrons. The van der Waals surface area contributed by atoms with Gasteiger partial charge in [-0.2, -0.15) is 0 Å². The lowest BCUT2D eigenvalue weighted by atomic mass is 10.0. The number of nitrogens with two attached hydrogens (primary N) is 1. The molecule has 9 nitrogen and oxygen atoms in total. The molecule has 2 unspecified atom stereocenters. The van der Waals surface area contributed by atoms with Crippen LogP contribution in [0.2, 0.25) is 0 Å². The summed E-state index contributed by atoms with van der Waals surface area (Å²) in [6.07, 6.45) is 2.41. The van der Waals surface area contributed by atoms with Crippen molar-refractivity contribution in [2.75, 3.05) is 12.4 Å². The number of amides is 2. The smallest absolute Gasteiger partial charge is 0.320 e. The predicted molar refractivity (Wildman–Crippen MR) is 103 cm³/mol. The maximum atomic E-state index is 12.4. The first-order chi connectivity index (χ1) is 12.5. The van der Waals surface area contributed by atoms with Crippen LogP contribution in [0.25, 0.3) is 0 Å². The molecule has 0 fully saturated rings. The van der Waals surface area contributed by atoms with Crippen molar-refractivity contribution in [3.63, 3.8) is 0 Å². The third-order valence-corrected chi connectivity index (χ3v) is 5.64. The summed E-state index contributed by atoms with van der Waals surface area (Å²) in [7, 11) is -3.45. The molecule has 3 atom stereocenters. The second-order valence-corrected chi connectivity index (χ2v) is 9.67. The van der Waals surface area contributed by atoms with Crippen LogP contribution in [0.4, 0.5) is 0 Å². The molecule has 0 aromatic rings. The molecule has 0 aromatic heterocycles. The van der Waals surface area contributed by atoms with Gasteiger partial charge < -0.3 is 26.4 Å². The lowest BCUT2D eigenvalue weighted by molar-refractivity contribution is -0.139. The van der Waals surface area contributed by atoms with E-state index in [9.17, 15) is 23.8 Å². The molecule has 0 rings (SSSR count). The van der Waals surface area contributed by atoms with E-state index in [4.69, 9.17) is 10.8 Å². The zero-order valence-electron chi connectivity index (χ0n) is 16.4. The molecule has 6 N–H and O–H groups in total. The van der Waals surface area contributed by atoms with Crippen LogP contribution in [0, 0.1) is 5.92 Å². The molecule has 0 heterocycles. The molecule has 0 aliphatic heterocycles. The van der Waals surface area contributed by atoms with Gasteiger partial charge in [-0.3, -0.25) is 18.9 Å². The second kappa shape index (κ2) is 12.9. The van der Waals surface area contributed by atoms with Gasteiger partial charge in [0.2, 0.25) is 19.2 Å². The van der Waals surface area contributed by atoms with Crippen LogP contribution in [-0.2, 0) is 18.9 Å². The minimum Gasteiger partial charge on any atom is -0.480 e. The third-order valence-electron chi connectivity index (χ3n) is 3.97. The molecule has 0 aliphatic carbocycles. The third kappa shape index (κ3) is 12.5. The van der Waals surface area contributed by atoms with E-state index in [1.807, 2.05) is 20.8 Å². The number of unbranched alkanes of at least 4 members (excludes halogenated alkanes) is 2. The van der Waals surface area contributed by atoms with Gasteiger partial charge in [0.05, 0.1) is 6.29 Å². The standard InChI is InChI=1S/C17H34N3O6P/c1-4-5-6-9-27(25,26)11-19-16(22)14(10-12(2)3)20-15(21)8-7-13(18)17(23)24/h12-14H,4-11,18H2,1-3H3,(H,19,22)(H,20,21)(H,23,24)(H,25,26)/t13?,14-/m0/s1. The average molecular weight is 407 g/mol. The maximum Gasteiger partial charge on any atom is 0.320 e. The van der Waals surface area contributed by atoms with Crippen LogP contribution in [0.3, 0.4) is 0 Å². The second-order valence-electron chi connectivity index (χ2n) is 7.21. The molecular weight excluding hydrogens is 373 g/mol. The number of hydrogen-bond donors (Lipinski definition) is 5. The van der Waals surface area contributed by atoms with Gasteiger partial charge in [0, 0.05) is 12.6 Å². The van der Waals surface area contributed by atoms with Crippen LogP contribution in [0.5, 0.6) is 0 Å². The topological polar surface area (TPSA) is 159 Å². The van der Waals surface area contributed by atoms with Crippen LogP contribution in [0.15, 0.2) is 0 Å². The molecule has 0 saturated heterocycles. The van der Waals surface area contributed by atoms with Gasteiger partial charge in [0.25, 0.3) is 0 Å². The summed E-state index contributed by atoms with van der Waals surface area (Å²) in [6.45, 7) is 5.76. The number of carbonyl (C=O) groups excluding carboxylic acids is 2. The van der Waals surface area contributed by atoms with Crippen molar-refractivity contribution in [2.45, 2.75) is 71.4 Å². The number of aliphatic carboxylic acids is 1. The number of nitrogens with one attached hydrogen (secondary N) is 2. The van der Waals surface area contributed by atoms with E-state index >= 15 is 0 Å². The Bertz CT molecular complexity index is 541. The van der Waals surface area contributed by atoms with Crippen LogP contribution in [0.1, 0.15) is 59.3 Å². The monoisotopic (exact) mass is 407 g/mol. The summed E-state index contributed by atoms with van der Waals surface area (Å²) in [5.74, 6) is -2.10. The minimum atomic E-state index is -3.45. The van der Waals surface area contributed by atoms with Gasteiger partial charge in [-0.15, -0.1) is 0 Å². The number of rotatable bonds is 14. The largest absolute Gasteiger partial charge is 0.480 e. The lowest BCUT2D eigenvalue weighted by Crippen LogP contribution is -2.48. The zero-order chi connectivity index (χ0) is 21.0. The fraction of sp³-hybridized carbons (Fsp3) is 0.824. The highest BCUT2D eigenvalue weighted by Crippen LogP contribution is 2.40. The predicted octanol–water partition coefficient (Wildman–Crippen LogP) is 1.24. The maximum absolute atomic E-state index is 12.4. The Morgan fingerprint density at radius 3 is 2.33 bits per heavy atom. The fourth-order valence-electron chi connectivity index (χ4n) is 2.39. The number of carboxylic acids is 1. The lowest BCUT2D eigenvalue weighted by Gasteiger charge is -2.21. The molecule has 2 amide bonds. The van der Waals surface area contributed by atoms with Gasteiger partial charge in [0.1, 0.15) is 12.1 Å². The van der Waals surface area contributed by atoms with Crippen molar-refractivity contribution in [1.82, 2.24) is 10.6 Å². The van der Waals surface area contributed by atoms with Crippen LogP contribution in [-0.4, -0.2) is 52.3 Å². The number of carboxylic acid groups (broad SMARTS) is 1. The zero-order valence-corrected chi connectivity index (χ0v) is 17.3. The summed E-state index contributed by atoms with van der Waals surface area (Å²) >= 11 is 0. The van der Waals surface area contributed by atoms with Gasteiger partial charge >= 0.3 is 5.97 Å². The van der Waals surface area contributed by atoms with Gasteiger partial charge in [0.15, 0.2) is 0 Å². The van der Waals surface area contributed by atoms with E-state index in [0.717, 1.165) is 12.8 Å². The highest BCUT2D eigenvalue weighted by molar-refractivity contribution is 7.57. The van der Waals surface area contributed by atoms with Gasteiger partial charge in [-0.25, -0.2) is 0 Å². The van der Waals surface area contributed by atoms with Crippen molar-refractivity contribution in [2.24, 2.45) is 11.7 Å². The summed E-state index contributed by atoms with van der Waals surface area (Å²) < 4.78 is 12.1. The van der Waals surface area contributed by atoms with E-state index in [1.165, 1.54) is 0 Å². The molecule has 0 radical (unpaired) electrons. The summed E-state index contributed by atoms with van der Waals surface area (Å²) in [5.41, 5.74) is 5.36. The quantitative estimate of drug-likeness (QED) is 0.214. The van der Waals surface area contributed by atoms with Crippen molar-refractivity contribution in [3.05, 3.63) is 0 Å². The van der Waals surface area contributed by atoms with E-state index in [0.29, 0.717) is 12.8 Å². The molecule has 0 aliphatic rings. The van der Waals surface area contributed by atoms with Gasteiger partial charge in [-0.1, -0.05) is 33.6 Å². The molecule has 0 saturated carbocycles. The highest BCUT2D eigenvalue weighted by Gasteiger charge is 2.25. The molecule has 0 spiro atoms. The molecular formula is C17H34N3O6P. The first-order valence-corrected chi connectivity index (χ1v) is 11.4. The normalized spacial score (nSPS) is 15.6. The van der Waals surface area contributed by atoms with E-state index in [1.54, 1.807) is 0 Å². The van der Waals surface area contributed by atoms with Crippen molar-refractivity contribution < 1.29 is 28.9 Å². The Kier molecular flexibility index (Phi) is 12.2. The van der Waals surface area contributed by atoms with Crippen LogP contribution < -0.4 is 16.4 Å². The van der Waals surface area contributed by atoms with E-state index in [2.05, 4.69) is 10.6 Å². The summed E-state index contributed by atoms with van der Waals surface area (Å²) in [4.78, 5) is 45.0. The highest BCUT2D eigenvalue weighted by atomic mass is 31.2. The number of hydrogen-bond acceptors (Lipinski definition) is 5. The molecule has 27 heavy (non-hydrogen) atoms. The molecule has 0 bridgehead atoms. The van der Waals surface area contributed by atoms with Crippen molar-refractivity contribution in [1.29, 1.82) is 0 Å². The Morgan fingerprint density at radius 1 is 1.19 bits per heavy atom. The first-order valence-electron chi connectivity index (χ1n) is 9.34. The average Bonchev–Trinajstić information content (AvgIpc) is 2.56. The Morgan fingerprint density at radius 2 is 1.81 bits per heavy atom. The van der Waals surface area contributed by atoms with Crippen molar-refractivity contribution in [3.8, 4) is 0 Å².